The first-order valence-corrected chi connectivity index (χ1v) is 7.12. The first kappa shape index (κ1) is 14.4. The number of nitrogens with two attached hydrogens (primary N) is 1. The van der Waals surface area contributed by atoms with Crippen molar-refractivity contribution in [3.63, 3.8) is 0 Å². The highest BCUT2D eigenvalue weighted by atomic mass is 32.2. The summed E-state index contributed by atoms with van der Waals surface area (Å²) in [5, 5.41) is 0.782. The van der Waals surface area contributed by atoms with Gasteiger partial charge >= 0.3 is 5.97 Å². The van der Waals surface area contributed by atoms with Gasteiger partial charge in [0, 0.05) is 11.9 Å². The number of anilines is 1. The minimum atomic E-state index is -0.327. The van der Waals surface area contributed by atoms with Crippen LogP contribution in [0.4, 0.5) is 5.69 Å². The molecule has 0 atom stereocenters. The Morgan fingerprint density at radius 2 is 2.10 bits per heavy atom. The quantitative estimate of drug-likeness (QED) is 0.692. The standard InChI is InChI=1S/C15H16N2O2S/c1-10-7-8-17-14(13(10)16)20-9-11-5-3-4-6-12(11)15(18)19-2/h3-8H,9,16H2,1-2H3. The van der Waals surface area contributed by atoms with Crippen molar-refractivity contribution < 1.29 is 9.53 Å². The third-order valence-electron chi connectivity index (χ3n) is 2.96. The Bertz CT molecular complexity index is 629. The van der Waals surface area contributed by atoms with E-state index in [2.05, 4.69) is 4.98 Å². The summed E-state index contributed by atoms with van der Waals surface area (Å²) in [6, 6.07) is 9.26. The van der Waals surface area contributed by atoms with Crippen LogP contribution in [0, 0.1) is 6.92 Å². The zero-order valence-electron chi connectivity index (χ0n) is 11.4. The molecule has 0 unspecified atom stereocenters. The fourth-order valence-corrected chi connectivity index (χ4v) is 2.76. The Hall–Kier alpha value is -2.01. The highest BCUT2D eigenvalue weighted by molar-refractivity contribution is 7.98. The number of aromatic nitrogens is 1. The van der Waals surface area contributed by atoms with Gasteiger partial charge in [0.05, 0.1) is 18.4 Å². The van der Waals surface area contributed by atoms with Crippen molar-refractivity contribution in [3.8, 4) is 0 Å². The predicted molar refractivity (Wildman–Crippen MR) is 80.7 cm³/mol. The van der Waals surface area contributed by atoms with E-state index in [1.54, 1.807) is 12.3 Å². The number of pyridine rings is 1. The summed E-state index contributed by atoms with van der Waals surface area (Å²) in [6.07, 6.45) is 1.74. The first-order chi connectivity index (χ1) is 9.63. The zero-order chi connectivity index (χ0) is 14.5. The molecular formula is C15H16N2O2S. The molecule has 2 aromatic rings. The first-order valence-electron chi connectivity index (χ1n) is 6.13. The van der Waals surface area contributed by atoms with E-state index in [0.29, 0.717) is 17.0 Å². The normalized spacial score (nSPS) is 10.3. The molecule has 1 aromatic carbocycles. The van der Waals surface area contributed by atoms with Gasteiger partial charge in [-0.25, -0.2) is 9.78 Å². The van der Waals surface area contributed by atoms with Crippen LogP contribution < -0.4 is 5.73 Å². The Kier molecular flexibility index (Phi) is 4.63. The van der Waals surface area contributed by atoms with Gasteiger partial charge in [0.25, 0.3) is 0 Å². The summed E-state index contributed by atoms with van der Waals surface area (Å²) in [6.45, 7) is 1.95. The fourth-order valence-electron chi connectivity index (χ4n) is 1.76. The third kappa shape index (κ3) is 3.11. The molecule has 0 radical (unpaired) electrons. The van der Waals surface area contributed by atoms with Crippen LogP contribution in [-0.2, 0) is 10.5 Å². The van der Waals surface area contributed by atoms with E-state index in [9.17, 15) is 4.79 Å². The van der Waals surface area contributed by atoms with Gasteiger partial charge in [0.2, 0.25) is 0 Å². The highest BCUT2D eigenvalue weighted by Gasteiger charge is 2.12. The molecule has 5 heteroatoms. The summed E-state index contributed by atoms with van der Waals surface area (Å²) in [4.78, 5) is 16.0. The van der Waals surface area contributed by atoms with Crippen LogP contribution in [0.5, 0.6) is 0 Å². The van der Waals surface area contributed by atoms with Crippen LogP contribution >= 0.6 is 11.8 Å². The number of carbonyl (C=O) groups is 1. The van der Waals surface area contributed by atoms with Gasteiger partial charge in [-0.2, -0.15) is 0 Å². The van der Waals surface area contributed by atoms with Crippen molar-refractivity contribution in [2.45, 2.75) is 17.7 Å². The number of benzene rings is 1. The Morgan fingerprint density at radius 3 is 2.85 bits per heavy atom. The van der Waals surface area contributed by atoms with E-state index in [4.69, 9.17) is 10.5 Å². The number of thioether (sulfide) groups is 1. The van der Waals surface area contributed by atoms with Crippen LogP contribution in [-0.4, -0.2) is 18.1 Å². The van der Waals surface area contributed by atoms with Gasteiger partial charge in [-0.1, -0.05) is 30.0 Å². The van der Waals surface area contributed by atoms with E-state index in [1.807, 2.05) is 31.2 Å². The van der Waals surface area contributed by atoms with Crippen LogP contribution in [0.25, 0.3) is 0 Å². The molecule has 4 nitrogen and oxygen atoms in total. The average molecular weight is 288 g/mol. The molecule has 0 spiro atoms. The Labute approximate surface area is 122 Å². The lowest BCUT2D eigenvalue weighted by Gasteiger charge is -2.09. The van der Waals surface area contributed by atoms with Crippen molar-refractivity contribution in [2.75, 3.05) is 12.8 Å². The third-order valence-corrected chi connectivity index (χ3v) is 4.01. The van der Waals surface area contributed by atoms with Crippen molar-refractivity contribution in [2.24, 2.45) is 0 Å². The molecule has 104 valence electrons. The maximum Gasteiger partial charge on any atom is 0.338 e. The molecule has 0 amide bonds. The molecule has 0 bridgehead atoms. The van der Waals surface area contributed by atoms with Crippen LogP contribution in [0.3, 0.4) is 0 Å². The summed E-state index contributed by atoms with van der Waals surface area (Å²) < 4.78 is 4.78. The molecule has 0 aliphatic rings. The second kappa shape index (κ2) is 6.43. The number of esters is 1. The minimum absolute atomic E-state index is 0.327. The number of methoxy groups -OCH3 is 1. The fraction of sp³-hybridized carbons (Fsp3) is 0.200. The van der Waals surface area contributed by atoms with Gasteiger partial charge in [-0.3, -0.25) is 0 Å². The molecule has 0 saturated carbocycles. The number of nitrogens with zero attached hydrogens (tertiary/aromatic N) is 1. The molecule has 0 aliphatic carbocycles. The number of hydrogen-bond acceptors (Lipinski definition) is 5. The summed E-state index contributed by atoms with van der Waals surface area (Å²) >= 11 is 1.51. The summed E-state index contributed by atoms with van der Waals surface area (Å²) in [7, 11) is 1.38. The van der Waals surface area contributed by atoms with Crippen LogP contribution in [0.2, 0.25) is 0 Å². The van der Waals surface area contributed by atoms with E-state index < -0.39 is 0 Å². The minimum Gasteiger partial charge on any atom is -0.465 e. The lowest BCUT2D eigenvalue weighted by atomic mass is 10.1. The summed E-state index contributed by atoms with van der Waals surface area (Å²) in [5.74, 6) is 0.290. The number of nitrogen functional groups attached to an aromatic ring is 1. The number of ether oxygens (including phenoxy) is 1. The van der Waals surface area contributed by atoms with Crippen molar-refractivity contribution in [1.29, 1.82) is 0 Å². The SMILES string of the molecule is COC(=O)c1ccccc1CSc1nccc(C)c1N. The van der Waals surface area contributed by atoms with Gasteiger partial charge in [0.15, 0.2) is 0 Å². The number of rotatable bonds is 4. The van der Waals surface area contributed by atoms with E-state index >= 15 is 0 Å². The maximum absolute atomic E-state index is 11.7. The van der Waals surface area contributed by atoms with E-state index in [-0.39, 0.29) is 5.97 Å². The molecule has 1 aromatic heterocycles. The number of carbonyl (C=O) groups excluding carboxylic acids is 1. The molecule has 1 heterocycles. The van der Waals surface area contributed by atoms with Gasteiger partial charge in [-0.15, -0.1) is 0 Å². The Morgan fingerprint density at radius 1 is 1.35 bits per heavy atom. The Balaban J connectivity index is 2.19. The van der Waals surface area contributed by atoms with E-state index in [1.165, 1.54) is 18.9 Å². The van der Waals surface area contributed by atoms with E-state index in [0.717, 1.165) is 16.2 Å². The summed E-state index contributed by atoms with van der Waals surface area (Å²) in [5.41, 5.74) is 9.17. The number of aryl methyl sites for hydroxylation is 1. The lowest BCUT2D eigenvalue weighted by Crippen LogP contribution is -2.05. The smallest absolute Gasteiger partial charge is 0.338 e. The van der Waals surface area contributed by atoms with Crippen molar-refractivity contribution in [1.82, 2.24) is 4.98 Å². The second-order valence-electron chi connectivity index (χ2n) is 4.28. The zero-order valence-corrected chi connectivity index (χ0v) is 12.2. The van der Waals surface area contributed by atoms with Gasteiger partial charge in [0.1, 0.15) is 5.03 Å². The van der Waals surface area contributed by atoms with Crippen molar-refractivity contribution in [3.05, 3.63) is 53.2 Å². The second-order valence-corrected chi connectivity index (χ2v) is 5.25. The lowest BCUT2D eigenvalue weighted by molar-refractivity contribution is 0.0600. The molecular weight excluding hydrogens is 272 g/mol. The molecule has 0 fully saturated rings. The van der Waals surface area contributed by atoms with Crippen molar-refractivity contribution >= 4 is 23.4 Å². The van der Waals surface area contributed by atoms with Crippen LogP contribution in [0.15, 0.2) is 41.6 Å². The average Bonchev–Trinajstić information content (AvgIpc) is 2.48. The largest absolute Gasteiger partial charge is 0.465 e. The molecule has 0 aliphatic heterocycles. The molecule has 2 N–H and O–H groups in total. The topological polar surface area (TPSA) is 65.2 Å². The van der Waals surface area contributed by atoms with Crippen LogP contribution in [0.1, 0.15) is 21.5 Å². The monoisotopic (exact) mass is 288 g/mol. The maximum atomic E-state index is 11.7. The highest BCUT2D eigenvalue weighted by Crippen LogP contribution is 2.28. The predicted octanol–water partition coefficient (Wildman–Crippen LogP) is 3.05. The molecule has 20 heavy (non-hydrogen) atoms. The number of hydrogen-bond donors (Lipinski definition) is 1. The molecule has 2 rings (SSSR count). The van der Waals surface area contributed by atoms with Gasteiger partial charge < -0.3 is 10.5 Å². The van der Waals surface area contributed by atoms with Gasteiger partial charge in [-0.05, 0) is 30.2 Å². The molecule has 0 saturated heterocycles.